The summed E-state index contributed by atoms with van der Waals surface area (Å²) in [6, 6.07) is 6.30. The maximum absolute atomic E-state index is 12.6. The summed E-state index contributed by atoms with van der Waals surface area (Å²) in [5.74, 6) is -0.110. The topological polar surface area (TPSA) is 102 Å². The van der Waals surface area contributed by atoms with Crippen LogP contribution in [0.25, 0.3) is 0 Å². The van der Waals surface area contributed by atoms with Crippen LogP contribution in [0.1, 0.15) is 53.1 Å². The van der Waals surface area contributed by atoms with E-state index in [4.69, 9.17) is 16.1 Å². The second-order valence-corrected chi connectivity index (χ2v) is 7.51. The zero-order valence-electron chi connectivity index (χ0n) is 17.5. The van der Waals surface area contributed by atoms with Crippen LogP contribution in [0.3, 0.4) is 0 Å². The quantitative estimate of drug-likeness (QED) is 0.602. The first-order valence-corrected chi connectivity index (χ1v) is 9.98. The minimum atomic E-state index is -0.502. The third-order valence-corrected chi connectivity index (χ3v) is 5.08. The van der Waals surface area contributed by atoms with Crippen LogP contribution in [-0.2, 0) is 11.2 Å². The first kappa shape index (κ1) is 21.6. The first-order valence-electron chi connectivity index (χ1n) is 9.61. The Bertz CT molecular complexity index is 1100. The van der Waals surface area contributed by atoms with E-state index in [9.17, 15) is 9.59 Å². The molecule has 3 aromatic rings. The van der Waals surface area contributed by atoms with Crippen LogP contribution >= 0.6 is 11.6 Å². The van der Waals surface area contributed by atoms with Crippen LogP contribution in [0.5, 0.6) is 0 Å². The van der Waals surface area contributed by atoms with Gasteiger partial charge in [-0.1, -0.05) is 23.7 Å². The summed E-state index contributed by atoms with van der Waals surface area (Å²) in [6.45, 7) is 9.13. The minimum absolute atomic E-state index is 0.243. The number of benzene rings is 1. The summed E-state index contributed by atoms with van der Waals surface area (Å²) < 4.78 is 6.78. The van der Waals surface area contributed by atoms with Crippen molar-refractivity contribution in [2.24, 2.45) is 0 Å². The number of hydrogen-bond donors (Lipinski definition) is 2. The van der Waals surface area contributed by atoms with Crippen LogP contribution in [0, 0.1) is 20.8 Å². The summed E-state index contributed by atoms with van der Waals surface area (Å²) in [6.07, 6.45) is 0.583. The van der Waals surface area contributed by atoms with E-state index in [2.05, 4.69) is 20.9 Å². The van der Waals surface area contributed by atoms with Gasteiger partial charge in [-0.25, -0.2) is 0 Å². The van der Waals surface area contributed by atoms with Crippen molar-refractivity contribution in [3.8, 4) is 0 Å². The molecular formula is C21H24ClN5O3. The molecule has 0 spiro atoms. The van der Waals surface area contributed by atoms with Gasteiger partial charge in [0.05, 0.1) is 22.1 Å². The Kier molecular flexibility index (Phi) is 6.26. The summed E-state index contributed by atoms with van der Waals surface area (Å²) >= 11 is 6.34. The molecule has 0 aliphatic heterocycles. The van der Waals surface area contributed by atoms with Gasteiger partial charge in [-0.2, -0.15) is 5.10 Å². The van der Waals surface area contributed by atoms with Crippen LogP contribution in [-0.4, -0.2) is 26.8 Å². The number of halogens is 1. The third kappa shape index (κ3) is 4.38. The molecule has 3 rings (SSSR count). The van der Waals surface area contributed by atoms with Crippen LogP contribution in [0.15, 0.2) is 28.8 Å². The average molecular weight is 430 g/mol. The Morgan fingerprint density at radius 3 is 2.53 bits per heavy atom. The average Bonchev–Trinajstić information content (AvgIpc) is 3.24. The fraction of sp³-hybridized carbons (Fsp3) is 0.333. The Labute approximate surface area is 179 Å². The molecule has 0 aliphatic rings. The van der Waals surface area contributed by atoms with E-state index >= 15 is 0 Å². The lowest BCUT2D eigenvalue weighted by Gasteiger charge is -2.16. The molecule has 158 valence electrons. The van der Waals surface area contributed by atoms with Gasteiger partial charge in [-0.15, -0.1) is 0 Å². The van der Waals surface area contributed by atoms with Gasteiger partial charge in [0.2, 0.25) is 5.91 Å². The molecule has 30 heavy (non-hydrogen) atoms. The standard InChI is InChI=1S/C21H24ClN5O3/c1-6-17-19(14(5)30-26-17)21(29)23-15-7-8-18(16(22)10-15)24-20(28)13(4)27-12(3)9-11(2)25-27/h7-10,13H,6H2,1-5H3,(H,23,29)(H,24,28). The number of aryl methyl sites for hydroxylation is 4. The lowest BCUT2D eigenvalue weighted by atomic mass is 10.1. The smallest absolute Gasteiger partial charge is 0.261 e. The molecule has 0 bridgehead atoms. The molecule has 2 aromatic heterocycles. The van der Waals surface area contributed by atoms with Gasteiger partial charge < -0.3 is 15.2 Å². The number of anilines is 2. The third-order valence-electron chi connectivity index (χ3n) is 4.77. The first-order chi connectivity index (χ1) is 14.2. The Hall–Kier alpha value is -3.13. The van der Waals surface area contributed by atoms with Crippen molar-refractivity contribution in [2.75, 3.05) is 10.6 Å². The van der Waals surface area contributed by atoms with Gasteiger partial charge in [-0.05, 0) is 58.4 Å². The highest BCUT2D eigenvalue weighted by Gasteiger charge is 2.21. The molecule has 0 saturated heterocycles. The normalized spacial score (nSPS) is 11.9. The summed E-state index contributed by atoms with van der Waals surface area (Å²) in [7, 11) is 0. The molecule has 1 unspecified atom stereocenters. The van der Waals surface area contributed by atoms with Crippen LogP contribution < -0.4 is 10.6 Å². The molecule has 0 fully saturated rings. The summed E-state index contributed by atoms with van der Waals surface area (Å²) in [4.78, 5) is 25.2. The lowest BCUT2D eigenvalue weighted by molar-refractivity contribution is -0.119. The molecule has 0 radical (unpaired) electrons. The van der Waals surface area contributed by atoms with E-state index in [-0.39, 0.29) is 11.8 Å². The fourth-order valence-electron chi connectivity index (χ4n) is 3.22. The number of nitrogens with zero attached hydrogens (tertiary/aromatic N) is 3. The van der Waals surface area contributed by atoms with E-state index in [0.29, 0.717) is 39.8 Å². The molecule has 0 aliphatic carbocycles. The Morgan fingerprint density at radius 2 is 1.93 bits per heavy atom. The maximum atomic E-state index is 12.6. The number of carbonyl (C=O) groups is 2. The second kappa shape index (κ2) is 8.71. The fourth-order valence-corrected chi connectivity index (χ4v) is 3.45. The van der Waals surface area contributed by atoms with Gasteiger partial charge in [0.1, 0.15) is 17.4 Å². The number of nitrogens with one attached hydrogen (secondary N) is 2. The van der Waals surface area contributed by atoms with Gasteiger partial charge in [0, 0.05) is 11.4 Å². The van der Waals surface area contributed by atoms with Gasteiger partial charge in [-0.3, -0.25) is 14.3 Å². The van der Waals surface area contributed by atoms with Gasteiger partial charge >= 0.3 is 0 Å². The molecule has 1 atom stereocenters. The molecular weight excluding hydrogens is 406 g/mol. The van der Waals surface area contributed by atoms with Crippen molar-refractivity contribution >= 4 is 34.8 Å². The van der Waals surface area contributed by atoms with Crippen molar-refractivity contribution in [2.45, 2.75) is 47.1 Å². The lowest BCUT2D eigenvalue weighted by Crippen LogP contribution is -2.25. The SMILES string of the molecule is CCc1noc(C)c1C(=O)Nc1ccc(NC(=O)C(C)n2nc(C)cc2C)c(Cl)c1. The number of hydrogen-bond acceptors (Lipinski definition) is 5. The highest BCUT2D eigenvalue weighted by atomic mass is 35.5. The maximum Gasteiger partial charge on any atom is 0.261 e. The Morgan fingerprint density at radius 1 is 1.20 bits per heavy atom. The predicted molar refractivity (Wildman–Crippen MR) is 115 cm³/mol. The predicted octanol–water partition coefficient (Wildman–Crippen LogP) is 4.46. The molecule has 2 heterocycles. The second-order valence-electron chi connectivity index (χ2n) is 7.10. The van der Waals surface area contributed by atoms with E-state index in [1.165, 1.54) is 0 Å². The van der Waals surface area contributed by atoms with Crippen molar-refractivity contribution in [3.63, 3.8) is 0 Å². The largest absolute Gasteiger partial charge is 0.361 e. The highest BCUT2D eigenvalue weighted by Crippen LogP contribution is 2.27. The number of amides is 2. The van der Waals surface area contributed by atoms with E-state index in [1.54, 1.807) is 36.7 Å². The van der Waals surface area contributed by atoms with Crippen molar-refractivity contribution in [1.29, 1.82) is 0 Å². The summed E-state index contributed by atoms with van der Waals surface area (Å²) in [5, 5.41) is 14.1. The van der Waals surface area contributed by atoms with Crippen LogP contribution in [0.2, 0.25) is 5.02 Å². The monoisotopic (exact) mass is 429 g/mol. The molecule has 2 N–H and O–H groups in total. The van der Waals surface area contributed by atoms with Gasteiger partial charge in [0.15, 0.2) is 0 Å². The highest BCUT2D eigenvalue weighted by molar-refractivity contribution is 6.34. The Balaban J connectivity index is 1.72. The van der Waals surface area contributed by atoms with Gasteiger partial charge in [0.25, 0.3) is 5.91 Å². The van der Waals surface area contributed by atoms with Crippen molar-refractivity contribution in [3.05, 3.63) is 57.7 Å². The number of carbonyl (C=O) groups excluding carboxylic acids is 2. The molecule has 1 aromatic carbocycles. The zero-order chi connectivity index (χ0) is 22.0. The van der Waals surface area contributed by atoms with Crippen molar-refractivity contribution in [1.82, 2.24) is 14.9 Å². The van der Waals surface area contributed by atoms with Crippen molar-refractivity contribution < 1.29 is 14.1 Å². The van der Waals surface area contributed by atoms with E-state index in [1.807, 2.05) is 26.8 Å². The number of aromatic nitrogens is 3. The molecule has 9 heteroatoms. The summed E-state index contributed by atoms with van der Waals surface area (Å²) in [5.41, 5.74) is 3.71. The molecule has 8 nitrogen and oxygen atoms in total. The zero-order valence-corrected chi connectivity index (χ0v) is 18.3. The number of rotatable bonds is 6. The molecule has 0 saturated carbocycles. The minimum Gasteiger partial charge on any atom is -0.361 e. The van der Waals surface area contributed by atoms with Crippen LogP contribution in [0.4, 0.5) is 11.4 Å². The van der Waals surface area contributed by atoms with E-state index < -0.39 is 6.04 Å². The molecule has 2 amide bonds. The van der Waals surface area contributed by atoms with E-state index in [0.717, 1.165) is 11.4 Å².